The molecular formula is C31H42N6O5. The van der Waals surface area contributed by atoms with Gasteiger partial charge in [0.2, 0.25) is 5.91 Å². The molecule has 0 saturated carbocycles. The van der Waals surface area contributed by atoms with Crippen LogP contribution < -0.4 is 15.4 Å². The molecule has 1 aromatic heterocycles. The van der Waals surface area contributed by atoms with Crippen molar-refractivity contribution in [2.75, 3.05) is 32.7 Å². The molecule has 3 N–H and O–H groups in total. The molecule has 1 saturated heterocycles. The predicted octanol–water partition coefficient (Wildman–Crippen LogP) is 2.49. The van der Waals surface area contributed by atoms with Gasteiger partial charge in [-0.1, -0.05) is 6.07 Å². The van der Waals surface area contributed by atoms with Gasteiger partial charge in [0.25, 0.3) is 5.91 Å². The summed E-state index contributed by atoms with van der Waals surface area (Å²) in [6, 6.07) is 4.29. The zero-order chi connectivity index (χ0) is 30.1. The molecule has 0 bridgehead atoms. The van der Waals surface area contributed by atoms with Crippen LogP contribution in [0.2, 0.25) is 0 Å². The predicted molar refractivity (Wildman–Crippen MR) is 160 cm³/mol. The summed E-state index contributed by atoms with van der Waals surface area (Å²) in [5.74, 6) is 1.28. The molecular weight excluding hydrogens is 536 g/mol. The van der Waals surface area contributed by atoms with E-state index in [4.69, 9.17) is 9.15 Å². The van der Waals surface area contributed by atoms with Crippen molar-refractivity contribution < 1.29 is 23.8 Å². The maximum atomic E-state index is 12.9. The first-order valence-corrected chi connectivity index (χ1v) is 14.4. The first-order chi connectivity index (χ1) is 20.2. The van der Waals surface area contributed by atoms with Crippen LogP contribution in [-0.4, -0.2) is 83.3 Å². The highest BCUT2D eigenvalue weighted by molar-refractivity contribution is 5.96. The van der Waals surface area contributed by atoms with Crippen molar-refractivity contribution in [1.82, 2.24) is 25.4 Å². The number of benzene rings is 1. The number of hydrogen-bond donors (Lipinski definition) is 3. The zero-order valence-corrected chi connectivity index (χ0v) is 24.8. The van der Waals surface area contributed by atoms with Crippen molar-refractivity contribution >= 4 is 18.5 Å². The van der Waals surface area contributed by atoms with Gasteiger partial charge in [0.1, 0.15) is 12.4 Å². The number of likely N-dealkylation sites (tertiary alicyclic amines) is 1. The van der Waals surface area contributed by atoms with E-state index in [9.17, 15) is 14.7 Å². The van der Waals surface area contributed by atoms with Gasteiger partial charge in [-0.05, 0) is 68.7 Å². The minimum absolute atomic E-state index is 0.0990. The average Bonchev–Trinajstić information content (AvgIpc) is 3.49. The summed E-state index contributed by atoms with van der Waals surface area (Å²) in [6.07, 6.45) is 8.01. The average molecular weight is 579 g/mol. The number of carbonyl (C=O) groups is 2. The molecule has 2 amide bonds. The number of oxazole rings is 1. The van der Waals surface area contributed by atoms with Crippen LogP contribution in [0.1, 0.15) is 49.1 Å². The number of nitrogens with one attached hydrogen (secondary N) is 2. The lowest BCUT2D eigenvalue weighted by Crippen LogP contribution is -2.43. The van der Waals surface area contributed by atoms with Gasteiger partial charge in [0, 0.05) is 64.1 Å². The Labute approximate surface area is 247 Å². The van der Waals surface area contributed by atoms with Crippen LogP contribution in [0.25, 0.3) is 0 Å². The van der Waals surface area contributed by atoms with Gasteiger partial charge >= 0.3 is 0 Å². The molecule has 0 radical (unpaired) electrons. The van der Waals surface area contributed by atoms with E-state index in [2.05, 4.69) is 45.2 Å². The summed E-state index contributed by atoms with van der Waals surface area (Å²) < 4.78 is 11.2. The van der Waals surface area contributed by atoms with Gasteiger partial charge in [0.05, 0.1) is 17.9 Å². The number of rotatable bonds is 12. The van der Waals surface area contributed by atoms with Gasteiger partial charge in [0.15, 0.2) is 12.2 Å². The normalized spacial score (nSPS) is 17.4. The number of nitrogens with zero attached hydrogens (tertiary/aromatic N) is 4. The first kappa shape index (κ1) is 31.0. The maximum absolute atomic E-state index is 12.9. The van der Waals surface area contributed by atoms with Gasteiger partial charge < -0.3 is 29.8 Å². The lowest BCUT2D eigenvalue weighted by atomic mass is 9.94. The molecule has 0 unspecified atom stereocenters. The van der Waals surface area contributed by atoms with Crippen LogP contribution in [0.4, 0.5) is 0 Å². The zero-order valence-electron chi connectivity index (χ0n) is 24.8. The molecule has 11 nitrogen and oxygen atoms in total. The van der Waals surface area contributed by atoms with Crippen molar-refractivity contribution in [3.05, 3.63) is 70.7 Å². The molecule has 3 heterocycles. The van der Waals surface area contributed by atoms with Crippen molar-refractivity contribution in [2.45, 2.75) is 65.3 Å². The maximum Gasteiger partial charge on any atom is 0.253 e. The molecule has 0 spiro atoms. The smallest absolute Gasteiger partial charge is 0.253 e. The quantitative estimate of drug-likeness (QED) is 0.199. The number of carbonyl (C=O) groups excluding carboxylic acids is 2. The van der Waals surface area contributed by atoms with E-state index in [-0.39, 0.29) is 24.4 Å². The van der Waals surface area contributed by atoms with Crippen LogP contribution in [0.3, 0.4) is 0 Å². The minimum Gasteiger partial charge on any atom is -0.485 e. The van der Waals surface area contributed by atoms with Gasteiger partial charge in [-0.3, -0.25) is 19.5 Å². The molecule has 2 aliphatic rings. The molecule has 42 heavy (non-hydrogen) atoms. The number of fused-ring (bicyclic) bond motifs is 1. The number of aliphatic imine (C=N–C) groups is 1. The monoisotopic (exact) mass is 578 g/mol. The molecule has 226 valence electrons. The summed E-state index contributed by atoms with van der Waals surface area (Å²) in [7, 11) is 0. The van der Waals surface area contributed by atoms with E-state index >= 15 is 0 Å². The summed E-state index contributed by atoms with van der Waals surface area (Å²) in [6.45, 7) is 12.9. The molecule has 0 aliphatic carbocycles. The van der Waals surface area contributed by atoms with Crippen LogP contribution in [-0.2, 0) is 29.2 Å². The van der Waals surface area contributed by atoms with Gasteiger partial charge in [-0.15, -0.1) is 0 Å². The summed E-state index contributed by atoms with van der Waals surface area (Å²) in [5.41, 5.74) is 4.79. The van der Waals surface area contributed by atoms with Crippen molar-refractivity contribution in [3.8, 4) is 5.75 Å². The highest BCUT2D eigenvalue weighted by Crippen LogP contribution is 2.30. The van der Waals surface area contributed by atoms with Crippen molar-refractivity contribution in [2.24, 2.45) is 4.99 Å². The third kappa shape index (κ3) is 8.53. The lowest BCUT2D eigenvalue weighted by molar-refractivity contribution is -0.129. The van der Waals surface area contributed by atoms with Crippen molar-refractivity contribution in [1.29, 1.82) is 0 Å². The Kier molecular flexibility index (Phi) is 10.9. The second-order valence-electron chi connectivity index (χ2n) is 11.0. The first-order valence-electron chi connectivity index (χ1n) is 14.4. The second kappa shape index (κ2) is 14.8. The molecule has 1 fully saturated rings. The molecule has 2 aliphatic heterocycles. The second-order valence-corrected chi connectivity index (χ2v) is 11.0. The number of piperidine rings is 1. The van der Waals surface area contributed by atoms with Gasteiger partial charge in [-0.2, -0.15) is 0 Å². The van der Waals surface area contributed by atoms with Crippen molar-refractivity contribution in [3.63, 3.8) is 0 Å². The topological polar surface area (TPSA) is 133 Å². The Morgan fingerprint density at radius 1 is 1.29 bits per heavy atom. The number of allylic oxidation sites excluding steroid dienone is 1. The molecule has 2 aromatic rings. The Balaban J connectivity index is 1.24. The van der Waals surface area contributed by atoms with Crippen LogP contribution in [0, 0.1) is 6.92 Å². The lowest BCUT2D eigenvalue weighted by Gasteiger charge is -2.32. The summed E-state index contributed by atoms with van der Waals surface area (Å²) in [4.78, 5) is 36.2. The third-order valence-corrected chi connectivity index (χ3v) is 7.77. The molecule has 1 atom stereocenters. The number of amides is 2. The number of aliphatic hydroxyl groups is 1. The Morgan fingerprint density at radius 3 is 2.76 bits per heavy atom. The van der Waals surface area contributed by atoms with Crippen LogP contribution in [0.5, 0.6) is 5.75 Å². The third-order valence-electron chi connectivity index (χ3n) is 7.77. The number of aliphatic hydroxyl groups excluding tert-OH is 1. The number of aromatic nitrogens is 1. The minimum atomic E-state index is -0.728. The Bertz CT molecular complexity index is 1300. The standard InChI is InChI=1S/C31H42N6O5/c1-21(35-26-7-11-37(12-8-26)23(3)38)13-25(14-32-4)31(40)34-15-27(39)18-36-10-9-29-22(2)30(6-5-24(29)17-36)41-19-28-16-33-20-42-28/h5-6,13-14,16,20,26-27,35,39H,4,7-12,15,17-19H2,1-3H3,(H,34,40)/b21-13+,25-14+/t27-/m0/s1. The number of ether oxygens (including phenoxy) is 1. The van der Waals surface area contributed by atoms with E-state index in [0.717, 1.165) is 55.9 Å². The highest BCUT2D eigenvalue weighted by atomic mass is 16.5. The molecule has 1 aromatic carbocycles. The number of hydrogen-bond acceptors (Lipinski definition) is 9. The molecule has 4 rings (SSSR count). The Morgan fingerprint density at radius 2 is 2.07 bits per heavy atom. The van der Waals surface area contributed by atoms with Gasteiger partial charge in [-0.25, -0.2) is 4.98 Å². The van der Waals surface area contributed by atoms with E-state index in [1.54, 1.807) is 19.2 Å². The van der Waals surface area contributed by atoms with E-state index in [1.165, 1.54) is 23.7 Å². The number of β-amino-alcohol motifs (C(OH)–C–C–N with tert-alkyl or cyclic N) is 1. The largest absolute Gasteiger partial charge is 0.485 e. The highest BCUT2D eigenvalue weighted by Gasteiger charge is 2.23. The van der Waals surface area contributed by atoms with Crippen LogP contribution in [0.15, 0.2) is 57.7 Å². The molecule has 11 heteroatoms. The van der Waals surface area contributed by atoms with Crippen LogP contribution >= 0.6 is 0 Å². The summed E-state index contributed by atoms with van der Waals surface area (Å²) >= 11 is 0. The van der Waals surface area contributed by atoms with E-state index in [0.29, 0.717) is 31.0 Å². The van der Waals surface area contributed by atoms with E-state index < -0.39 is 6.10 Å². The fourth-order valence-electron chi connectivity index (χ4n) is 5.52. The Hall–Kier alpha value is -3.96. The fraction of sp³-hybridized carbons (Fsp3) is 0.484. The fourth-order valence-corrected chi connectivity index (χ4v) is 5.52. The summed E-state index contributed by atoms with van der Waals surface area (Å²) in [5, 5.41) is 17.0. The van der Waals surface area contributed by atoms with E-state index in [1.807, 2.05) is 17.9 Å². The SMILES string of the molecule is C=N/C=C(\C=C(/C)NC1CCN(C(C)=O)CC1)C(=O)NC[C@H](O)CN1CCc2c(ccc(OCc3cnco3)c2C)C1.